The molecule has 0 bridgehead atoms. The van der Waals surface area contributed by atoms with E-state index in [1.807, 2.05) is 0 Å². The predicted octanol–water partition coefficient (Wildman–Crippen LogP) is -0.537. The van der Waals surface area contributed by atoms with Crippen molar-refractivity contribution in [2.24, 2.45) is 0 Å². The summed E-state index contributed by atoms with van der Waals surface area (Å²) in [6.45, 7) is 0. The Bertz CT molecular complexity index is 86.0. The molecule has 0 radical (unpaired) electrons. The Balaban J connectivity index is 0. The van der Waals surface area contributed by atoms with Crippen molar-refractivity contribution in [2.75, 3.05) is 14.2 Å². The molecule has 6 heteroatoms. The topological polar surface area (TPSA) is 55.8 Å². The number of hydrogen-bond acceptors (Lipinski definition) is 3. The first-order chi connectivity index (χ1) is 3.12. The molecule has 0 aliphatic rings. The van der Waals surface area contributed by atoms with Gasteiger partial charge in [0.25, 0.3) is 0 Å². The van der Waals surface area contributed by atoms with Gasteiger partial charge in [0.1, 0.15) is 0 Å². The minimum atomic E-state index is -3.65. The molecule has 0 rings (SSSR count). The molecule has 0 aromatic carbocycles. The van der Waals surface area contributed by atoms with Crippen molar-refractivity contribution in [3.63, 3.8) is 0 Å². The zero-order valence-corrected chi connectivity index (χ0v) is 5.01. The van der Waals surface area contributed by atoms with Crippen LogP contribution in [-0.2, 0) is 13.6 Å². The average Bonchev–Trinajstić information content (AvgIpc) is 1.68. The number of phosphoric ester groups is 1. The normalized spacial score (nSPS) is 10.4. The van der Waals surface area contributed by atoms with Crippen LogP contribution in [0, 0.1) is 0 Å². The molecule has 0 aromatic rings. The summed E-state index contributed by atoms with van der Waals surface area (Å²) in [6, 6.07) is 0. The van der Waals surface area contributed by atoms with Gasteiger partial charge in [-0.2, -0.15) is 0 Å². The summed E-state index contributed by atoms with van der Waals surface area (Å²) in [7, 11) is -1.45. The molecular formula is C2H9BaO4P. The van der Waals surface area contributed by atoms with E-state index in [-0.39, 0.29) is 48.9 Å². The molecule has 4 nitrogen and oxygen atoms in total. The molecule has 0 aromatic heterocycles. The van der Waals surface area contributed by atoms with E-state index in [4.69, 9.17) is 4.89 Å². The van der Waals surface area contributed by atoms with Crippen LogP contribution in [-0.4, -0.2) is 68.0 Å². The van der Waals surface area contributed by atoms with Gasteiger partial charge in [0.15, 0.2) is 0 Å². The first-order valence-corrected chi connectivity index (χ1v) is 3.06. The fourth-order valence-electron chi connectivity index (χ4n) is 0.0745. The fraction of sp³-hybridized carbons (Fsp3) is 1.00. The van der Waals surface area contributed by atoms with Crippen molar-refractivity contribution in [1.29, 1.82) is 0 Å². The first kappa shape index (κ1) is 12.4. The van der Waals surface area contributed by atoms with Gasteiger partial charge in [-0.1, -0.05) is 0 Å². The molecule has 0 spiro atoms. The molecule has 0 heterocycles. The van der Waals surface area contributed by atoms with Crippen LogP contribution in [0.1, 0.15) is 0 Å². The molecule has 1 N–H and O–H groups in total. The summed E-state index contributed by atoms with van der Waals surface area (Å²) in [5, 5.41) is 0. The van der Waals surface area contributed by atoms with Crippen molar-refractivity contribution in [3.05, 3.63) is 0 Å². The van der Waals surface area contributed by atoms with Crippen molar-refractivity contribution in [1.82, 2.24) is 0 Å². The summed E-state index contributed by atoms with van der Waals surface area (Å²) in [4.78, 5) is 8.24. The molecule has 0 saturated carbocycles. The van der Waals surface area contributed by atoms with Gasteiger partial charge in [0.05, 0.1) is 0 Å². The molecule has 8 heavy (non-hydrogen) atoms. The standard InChI is InChI=1S/C2H7O4P.Ba.2H/c1-5-7(3,4)6-2;;;/h1-2H3,(H,3,4);;;. The molecule has 0 fully saturated rings. The summed E-state index contributed by atoms with van der Waals surface area (Å²) < 4.78 is 18.0. The Kier molecular flexibility index (Phi) is 8.45. The first-order valence-electron chi connectivity index (χ1n) is 1.56. The van der Waals surface area contributed by atoms with Crippen LogP contribution in [0.15, 0.2) is 0 Å². The molecule has 48 valence electrons. The van der Waals surface area contributed by atoms with Crippen LogP contribution < -0.4 is 0 Å². The molecule has 0 unspecified atom stereocenters. The van der Waals surface area contributed by atoms with Crippen molar-refractivity contribution < 1.29 is 18.5 Å². The second-order valence-corrected chi connectivity index (χ2v) is 2.50. The Morgan fingerprint density at radius 2 is 1.62 bits per heavy atom. The summed E-state index contributed by atoms with van der Waals surface area (Å²) in [5.74, 6) is 0. The van der Waals surface area contributed by atoms with Gasteiger partial charge in [0.2, 0.25) is 0 Å². The predicted molar refractivity (Wildman–Crippen MR) is 32.4 cm³/mol. The van der Waals surface area contributed by atoms with E-state index in [9.17, 15) is 4.57 Å². The van der Waals surface area contributed by atoms with E-state index in [0.717, 1.165) is 14.2 Å². The Morgan fingerprint density at radius 1 is 1.38 bits per heavy atom. The van der Waals surface area contributed by atoms with Crippen LogP contribution in [0.4, 0.5) is 0 Å². The van der Waals surface area contributed by atoms with Crippen molar-refractivity contribution in [2.45, 2.75) is 0 Å². The Hall–Kier alpha value is 1.68. The van der Waals surface area contributed by atoms with E-state index in [1.54, 1.807) is 0 Å². The van der Waals surface area contributed by atoms with Crippen LogP contribution in [0.5, 0.6) is 0 Å². The number of hydrogen-bond donors (Lipinski definition) is 1. The monoisotopic (exact) mass is 266 g/mol. The fourth-order valence-corrected chi connectivity index (χ4v) is 0.224. The van der Waals surface area contributed by atoms with E-state index in [2.05, 4.69) is 9.05 Å². The van der Waals surface area contributed by atoms with Crippen molar-refractivity contribution >= 4 is 56.7 Å². The van der Waals surface area contributed by atoms with Gasteiger partial charge in [-0.15, -0.1) is 0 Å². The third-order valence-corrected chi connectivity index (χ3v) is 1.38. The molecule has 0 saturated heterocycles. The van der Waals surface area contributed by atoms with Crippen LogP contribution >= 0.6 is 7.82 Å². The summed E-state index contributed by atoms with van der Waals surface area (Å²) in [6.07, 6.45) is 0. The SMILES string of the molecule is COP(=O)(O)OC.[BaH2]. The van der Waals surface area contributed by atoms with Crippen LogP contribution in [0.25, 0.3) is 0 Å². The molecule has 0 amide bonds. The van der Waals surface area contributed by atoms with E-state index in [0.29, 0.717) is 0 Å². The molecule has 0 aliphatic heterocycles. The number of phosphoric acid groups is 1. The maximum atomic E-state index is 10.1. The third kappa shape index (κ3) is 5.81. The quantitative estimate of drug-likeness (QED) is 0.538. The van der Waals surface area contributed by atoms with Gasteiger partial charge in [-0.3, -0.25) is 9.05 Å². The van der Waals surface area contributed by atoms with E-state index >= 15 is 0 Å². The van der Waals surface area contributed by atoms with E-state index < -0.39 is 7.82 Å². The minimum absolute atomic E-state index is 0. The van der Waals surface area contributed by atoms with Gasteiger partial charge in [-0.05, 0) is 0 Å². The Morgan fingerprint density at radius 3 is 1.62 bits per heavy atom. The summed E-state index contributed by atoms with van der Waals surface area (Å²) in [5.41, 5.74) is 0. The van der Waals surface area contributed by atoms with Gasteiger partial charge in [0, 0.05) is 14.2 Å². The zero-order chi connectivity index (χ0) is 5.91. The average molecular weight is 265 g/mol. The van der Waals surface area contributed by atoms with E-state index in [1.165, 1.54) is 0 Å². The second-order valence-electron chi connectivity index (χ2n) is 0.834. The zero-order valence-electron chi connectivity index (χ0n) is 4.12. The van der Waals surface area contributed by atoms with Crippen molar-refractivity contribution in [3.8, 4) is 0 Å². The molecule has 0 aliphatic carbocycles. The van der Waals surface area contributed by atoms with Gasteiger partial charge < -0.3 is 4.89 Å². The maximum absolute atomic E-state index is 10.1. The number of rotatable bonds is 2. The molecule has 0 atom stereocenters. The molecular weight excluding hydrogens is 256 g/mol. The Labute approximate surface area is 88.3 Å². The third-order valence-electron chi connectivity index (χ3n) is 0.461. The van der Waals surface area contributed by atoms with Crippen LogP contribution in [0.3, 0.4) is 0 Å². The second kappa shape index (κ2) is 5.47. The summed E-state index contributed by atoms with van der Waals surface area (Å²) >= 11 is 0. The van der Waals surface area contributed by atoms with Crippen LogP contribution in [0.2, 0.25) is 0 Å². The van der Waals surface area contributed by atoms with Gasteiger partial charge in [-0.25, -0.2) is 4.57 Å². The van der Waals surface area contributed by atoms with Gasteiger partial charge >= 0.3 is 56.7 Å².